The molecule has 1 rings (SSSR count). The van der Waals surface area contributed by atoms with Gasteiger partial charge in [-0.25, -0.2) is 13.2 Å². The molecule has 0 saturated carbocycles. The van der Waals surface area contributed by atoms with Crippen LogP contribution in [0.15, 0.2) is 0 Å². The molecular weight excluding hydrogens is 275 g/mol. The maximum absolute atomic E-state index is 12.2. The summed E-state index contributed by atoms with van der Waals surface area (Å²) in [7, 11) is -3.67. The van der Waals surface area contributed by atoms with Crippen LogP contribution in [0.1, 0.15) is 0 Å². The van der Waals surface area contributed by atoms with Gasteiger partial charge < -0.3 is 5.11 Å². The van der Waals surface area contributed by atoms with E-state index >= 15 is 0 Å². The van der Waals surface area contributed by atoms with E-state index in [1.165, 1.54) is 0 Å². The molecule has 0 heterocycles. The first-order valence-electron chi connectivity index (χ1n) is 3.59. The molecule has 4 nitrogen and oxygen atoms in total. The minimum Gasteiger partial charge on any atom is -0.503 e. The van der Waals surface area contributed by atoms with E-state index in [0.717, 1.165) is 0 Å². The lowest BCUT2D eigenvalue weighted by molar-refractivity contribution is 0.325. The molecule has 0 bridgehead atoms. The third kappa shape index (κ3) is 4.53. The van der Waals surface area contributed by atoms with Gasteiger partial charge in [-0.1, -0.05) is 0 Å². The molecule has 0 atom stereocenters. The van der Waals surface area contributed by atoms with Gasteiger partial charge in [-0.15, -0.1) is 0 Å². The first-order chi connectivity index (χ1) is 7.46. The highest BCUT2D eigenvalue weighted by Gasteiger charge is 2.24. The van der Waals surface area contributed by atoms with Crippen molar-refractivity contribution in [1.82, 2.24) is 0 Å². The first-order valence-corrected chi connectivity index (χ1v) is 5.44. The van der Waals surface area contributed by atoms with Crippen LogP contribution in [0.5, 0.6) is 5.75 Å². The summed E-state index contributed by atoms with van der Waals surface area (Å²) in [5.41, 5.74) is 0. The Morgan fingerprint density at radius 2 is 1.00 bits per heavy atom. The molecule has 0 spiro atoms. The Morgan fingerprint density at radius 1 is 0.824 bits per heavy atom. The average molecular weight is 280 g/mol. The molecule has 0 aliphatic heterocycles. The van der Waals surface area contributed by atoms with Crippen LogP contribution < -0.4 is 0 Å². The average Bonchev–Trinajstić information content (AvgIpc) is 2.18. The van der Waals surface area contributed by atoms with Gasteiger partial charge in [0.15, 0.2) is 5.75 Å². The zero-order valence-electron chi connectivity index (χ0n) is 8.01. The summed E-state index contributed by atoms with van der Waals surface area (Å²) in [5.74, 6) is -12.9. The maximum Gasteiger partial charge on any atom is 0.261 e. The van der Waals surface area contributed by atoms with Crippen molar-refractivity contribution in [1.29, 1.82) is 0 Å². The first kappa shape index (κ1) is 15.6. The summed E-state index contributed by atoms with van der Waals surface area (Å²) in [4.78, 5) is 0. The number of aromatic hydroxyl groups is 1. The van der Waals surface area contributed by atoms with Gasteiger partial charge in [0.2, 0.25) is 29.1 Å². The van der Waals surface area contributed by atoms with Gasteiger partial charge in [-0.05, 0) is 0 Å². The lowest BCUT2D eigenvalue weighted by atomic mass is 10.3. The van der Waals surface area contributed by atoms with E-state index in [1.54, 1.807) is 0 Å². The Balaban J connectivity index is 0.000000437. The summed E-state index contributed by atoms with van der Waals surface area (Å²) < 4.78 is 86.5. The van der Waals surface area contributed by atoms with Crippen molar-refractivity contribution in [3.8, 4) is 5.75 Å². The molecule has 0 saturated heterocycles. The van der Waals surface area contributed by atoms with Crippen LogP contribution in [0.2, 0.25) is 0 Å². The number of benzene rings is 1. The van der Waals surface area contributed by atoms with Crippen LogP contribution in [-0.4, -0.2) is 24.3 Å². The van der Waals surface area contributed by atoms with Gasteiger partial charge in [0.05, 0.1) is 6.26 Å². The number of phenolic OH excluding ortho intramolecular Hbond substituents is 1. The number of halogens is 5. The Labute approximate surface area is 92.1 Å². The third-order valence-electron chi connectivity index (χ3n) is 1.19. The number of hydrogen-bond acceptors (Lipinski definition) is 3. The standard InChI is InChI=1S/C6HF5O.CH4O3S/c7-1-2(8)4(10)6(12)5(11)3(1)9;1-5(2,3)4/h12H;1H3,(H,2,3,4). The van der Waals surface area contributed by atoms with Crippen molar-refractivity contribution in [2.75, 3.05) is 6.26 Å². The van der Waals surface area contributed by atoms with Crippen LogP contribution in [-0.2, 0) is 10.1 Å². The summed E-state index contributed by atoms with van der Waals surface area (Å²) in [6, 6.07) is 0. The molecule has 98 valence electrons. The lowest BCUT2D eigenvalue weighted by Gasteiger charge is -2.00. The highest BCUT2D eigenvalue weighted by Crippen LogP contribution is 2.27. The zero-order valence-corrected chi connectivity index (χ0v) is 8.83. The van der Waals surface area contributed by atoms with E-state index in [-0.39, 0.29) is 0 Å². The topological polar surface area (TPSA) is 74.6 Å². The SMILES string of the molecule is CS(=O)(=O)O.Oc1c(F)c(F)c(F)c(F)c1F. The van der Waals surface area contributed by atoms with Crippen LogP contribution >= 0.6 is 0 Å². The van der Waals surface area contributed by atoms with Gasteiger partial charge in [-0.2, -0.15) is 17.2 Å². The normalized spacial score (nSPS) is 10.8. The van der Waals surface area contributed by atoms with Crippen molar-refractivity contribution in [2.45, 2.75) is 0 Å². The second kappa shape index (κ2) is 5.27. The van der Waals surface area contributed by atoms with E-state index in [4.69, 9.17) is 9.66 Å². The number of phenols is 1. The zero-order chi connectivity index (χ0) is 14.0. The molecule has 2 N–H and O–H groups in total. The number of rotatable bonds is 0. The van der Waals surface area contributed by atoms with Gasteiger partial charge in [-0.3, -0.25) is 4.55 Å². The van der Waals surface area contributed by atoms with E-state index in [2.05, 4.69) is 0 Å². The number of hydrogen-bond donors (Lipinski definition) is 2. The fourth-order valence-corrected chi connectivity index (χ4v) is 0.593. The highest BCUT2D eigenvalue weighted by molar-refractivity contribution is 7.85. The smallest absolute Gasteiger partial charge is 0.261 e. The largest absolute Gasteiger partial charge is 0.503 e. The van der Waals surface area contributed by atoms with Crippen molar-refractivity contribution in [3.05, 3.63) is 29.1 Å². The van der Waals surface area contributed by atoms with E-state index < -0.39 is 45.0 Å². The van der Waals surface area contributed by atoms with Gasteiger partial charge in [0.1, 0.15) is 0 Å². The molecule has 1 aromatic rings. The quantitative estimate of drug-likeness (QED) is 0.327. The molecule has 0 amide bonds. The van der Waals surface area contributed by atoms with Gasteiger partial charge in [0.25, 0.3) is 10.1 Å². The van der Waals surface area contributed by atoms with Gasteiger partial charge >= 0.3 is 0 Å². The summed E-state index contributed by atoms with van der Waals surface area (Å²) in [5, 5.41) is 8.30. The predicted octanol–water partition coefficient (Wildman–Crippen LogP) is 1.59. The van der Waals surface area contributed by atoms with Crippen molar-refractivity contribution >= 4 is 10.1 Å². The van der Waals surface area contributed by atoms with Crippen molar-refractivity contribution in [3.63, 3.8) is 0 Å². The minimum atomic E-state index is -3.67. The van der Waals surface area contributed by atoms with Crippen LogP contribution in [0.3, 0.4) is 0 Å². The van der Waals surface area contributed by atoms with Crippen molar-refractivity contribution < 1.29 is 40.0 Å². The lowest BCUT2D eigenvalue weighted by Crippen LogP contribution is -2.00. The second-order valence-corrected chi connectivity index (χ2v) is 4.12. The monoisotopic (exact) mass is 280 g/mol. The fraction of sp³-hybridized carbons (Fsp3) is 0.143. The molecule has 17 heavy (non-hydrogen) atoms. The molecule has 10 heteroatoms. The molecule has 0 aliphatic carbocycles. The third-order valence-corrected chi connectivity index (χ3v) is 1.19. The van der Waals surface area contributed by atoms with Gasteiger partial charge in [0, 0.05) is 0 Å². The van der Waals surface area contributed by atoms with E-state index in [1.807, 2.05) is 0 Å². The molecule has 0 radical (unpaired) electrons. The Hall–Kier alpha value is -1.42. The molecular formula is C7H5F5O4S. The van der Waals surface area contributed by atoms with Crippen LogP contribution in [0.4, 0.5) is 22.0 Å². The molecule has 0 aromatic heterocycles. The minimum absolute atomic E-state index is 0.715. The second-order valence-electron chi connectivity index (χ2n) is 2.65. The summed E-state index contributed by atoms with van der Waals surface area (Å²) >= 11 is 0. The van der Waals surface area contributed by atoms with E-state index in [0.29, 0.717) is 6.26 Å². The molecule has 0 aliphatic rings. The highest BCUT2D eigenvalue weighted by atomic mass is 32.2. The molecule has 0 unspecified atom stereocenters. The summed E-state index contributed by atoms with van der Waals surface area (Å²) in [6.07, 6.45) is 0.715. The van der Waals surface area contributed by atoms with Crippen LogP contribution in [0.25, 0.3) is 0 Å². The van der Waals surface area contributed by atoms with Crippen LogP contribution in [0, 0.1) is 29.1 Å². The Morgan fingerprint density at radius 3 is 1.24 bits per heavy atom. The van der Waals surface area contributed by atoms with Crippen molar-refractivity contribution in [2.24, 2.45) is 0 Å². The summed E-state index contributed by atoms with van der Waals surface area (Å²) in [6.45, 7) is 0. The maximum atomic E-state index is 12.2. The predicted molar refractivity (Wildman–Crippen MR) is 45.4 cm³/mol. The Kier molecular flexibility index (Phi) is 4.83. The molecule has 1 aromatic carbocycles. The Bertz CT molecular complexity index is 415. The molecule has 0 fully saturated rings. The van der Waals surface area contributed by atoms with E-state index in [9.17, 15) is 30.4 Å². The fourth-order valence-electron chi connectivity index (χ4n) is 0.593.